The molecule has 4 nitrogen and oxygen atoms in total. The maximum absolute atomic E-state index is 5.42. The van der Waals surface area contributed by atoms with Crippen molar-refractivity contribution in [3.63, 3.8) is 0 Å². The van der Waals surface area contributed by atoms with Crippen molar-refractivity contribution in [2.24, 2.45) is 0 Å². The zero-order chi connectivity index (χ0) is 15.2. The largest absolute Gasteiger partial charge is 0.496 e. The Kier molecular flexibility index (Phi) is 5.55. The summed E-state index contributed by atoms with van der Waals surface area (Å²) in [4.78, 5) is 0. The van der Waals surface area contributed by atoms with E-state index in [-0.39, 0.29) is 0 Å². The molecule has 0 heterocycles. The third kappa shape index (κ3) is 3.93. The number of anilines is 1. The lowest BCUT2D eigenvalue weighted by atomic mass is 10.1. The first-order valence-corrected chi connectivity index (χ1v) is 7.54. The van der Waals surface area contributed by atoms with Crippen molar-refractivity contribution in [3.05, 3.63) is 45.5 Å². The van der Waals surface area contributed by atoms with Gasteiger partial charge in [0.25, 0.3) is 0 Å². The van der Waals surface area contributed by atoms with Crippen LogP contribution >= 0.6 is 22.6 Å². The van der Waals surface area contributed by atoms with Crippen LogP contribution in [-0.4, -0.2) is 21.3 Å². The van der Waals surface area contributed by atoms with Crippen molar-refractivity contribution in [2.75, 3.05) is 26.6 Å². The average Bonchev–Trinajstić information content (AvgIpc) is 2.52. The van der Waals surface area contributed by atoms with E-state index in [1.807, 2.05) is 24.3 Å². The predicted octanol–water partition coefficient (Wildman–Crippen LogP) is 3.93. The fourth-order valence-electron chi connectivity index (χ4n) is 2.03. The van der Waals surface area contributed by atoms with Gasteiger partial charge < -0.3 is 19.5 Å². The van der Waals surface area contributed by atoms with Crippen LogP contribution in [0.3, 0.4) is 0 Å². The third-order valence-electron chi connectivity index (χ3n) is 3.09. The number of ether oxygens (including phenoxy) is 3. The van der Waals surface area contributed by atoms with Crippen molar-refractivity contribution in [3.8, 4) is 17.2 Å². The number of hydrogen-bond donors (Lipinski definition) is 1. The summed E-state index contributed by atoms with van der Waals surface area (Å²) in [7, 11) is 4.89. The highest BCUT2D eigenvalue weighted by molar-refractivity contribution is 14.1. The summed E-state index contributed by atoms with van der Waals surface area (Å²) < 4.78 is 17.2. The third-order valence-corrected chi connectivity index (χ3v) is 3.77. The molecule has 112 valence electrons. The number of rotatable bonds is 6. The van der Waals surface area contributed by atoms with Crippen LogP contribution in [0.25, 0.3) is 0 Å². The zero-order valence-electron chi connectivity index (χ0n) is 12.3. The predicted molar refractivity (Wildman–Crippen MR) is 92.6 cm³/mol. The minimum absolute atomic E-state index is 0.642. The van der Waals surface area contributed by atoms with Gasteiger partial charge >= 0.3 is 0 Å². The molecule has 0 aliphatic rings. The second kappa shape index (κ2) is 7.40. The van der Waals surface area contributed by atoms with Gasteiger partial charge in [0.05, 0.1) is 21.3 Å². The SMILES string of the molecule is COc1cc(OC)c(OC)cc1CNc1cccc(I)c1. The zero-order valence-corrected chi connectivity index (χ0v) is 14.4. The van der Waals surface area contributed by atoms with E-state index in [0.29, 0.717) is 18.0 Å². The molecule has 0 atom stereocenters. The fourth-order valence-corrected chi connectivity index (χ4v) is 2.57. The van der Waals surface area contributed by atoms with Crippen LogP contribution in [-0.2, 0) is 6.54 Å². The minimum atomic E-state index is 0.642. The maximum atomic E-state index is 5.42. The lowest BCUT2D eigenvalue weighted by Crippen LogP contribution is -2.03. The van der Waals surface area contributed by atoms with E-state index in [1.54, 1.807) is 21.3 Å². The van der Waals surface area contributed by atoms with Crippen LogP contribution < -0.4 is 19.5 Å². The van der Waals surface area contributed by atoms with Gasteiger partial charge in [0.1, 0.15) is 5.75 Å². The Morgan fingerprint density at radius 1 is 0.905 bits per heavy atom. The summed E-state index contributed by atoms with van der Waals surface area (Å²) in [5, 5.41) is 3.38. The quantitative estimate of drug-likeness (QED) is 0.748. The van der Waals surface area contributed by atoms with E-state index in [9.17, 15) is 0 Å². The first-order chi connectivity index (χ1) is 10.2. The number of hydrogen-bond acceptors (Lipinski definition) is 4. The van der Waals surface area contributed by atoms with Crippen LogP contribution in [0.5, 0.6) is 17.2 Å². The Morgan fingerprint density at radius 2 is 1.57 bits per heavy atom. The molecule has 0 unspecified atom stereocenters. The summed E-state index contributed by atoms with van der Waals surface area (Å²) >= 11 is 2.29. The standard InChI is InChI=1S/C16H18INO3/c1-19-14-9-16(21-3)15(20-2)7-11(14)10-18-13-6-4-5-12(17)8-13/h4-9,18H,10H2,1-3H3. The van der Waals surface area contributed by atoms with Crippen molar-refractivity contribution in [1.82, 2.24) is 0 Å². The topological polar surface area (TPSA) is 39.7 Å². The first kappa shape index (κ1) is 15.8. The summed E-state index contributed by atoms with van der Waals surface area (Å²) in [6, 6.07) is 12.0. The number of nitrogens with one attached hydrogen (secondary N) is 1. The molecule has 21 heavy (non-hydrogen) atoms. The molecule has 2 aromatic rings. The molecule has 0 aliphatic heterocycles. The number of halogens is 1. The molecule has 0 fully saturated rings. The molecule has 0 aromatic heterocycles. The van der Waals surface area contributed by atoms with Gasteiger partial charge in [0, 0.05) is 27.4 Å². The summed E-state index contributed by atoms with van der Waals surface area (Å²) in [5.74, 6) is 2.12. The van der Waals surface area contributed by atoms with Gasteiger partial charge in [-0.25, -0.2) is 0 Å². The molecule has 0 aliphatic carbocycles. The molecule has 2 rings (SSSR count). The van der Waals surface area contributed by atoms with Gasteiger partial charge in [-0.15, -0.1) is 0 Å². The van der Waals surface area contributed by atoms with Crippen LogP contribution in [0.15, 0.2) is 36.4 Å². The van der Waals surface area contributed by atoms with Gasteiger partial charge in [-0.3, -0.25) is 0 Å². The second-order valence-electron chi connectivity index (χ2n) is 4.38. The summed E-state index contributed by atoms with van der Waals surface area (Å²) in [5.41, 5.74) is 2.08. The van der Waals surface area contributed by atoms with E-state index in [2.05, 4.69) is 40.0 Å². The van der Waals surface area contributed by atoms with E-state index in [4.69, 9.17) is 14.2 Å². The number of methoxy groups -OCH3 is 3. The van der Waals surface area contributed by atoms with Crippen molar-refractivity contribution < 1.29 is 14.2 Å². The molecule has 0 radical (unpaired) electrons. The molecule has 1 N–H and O–H groups in total. The van der Waals surface area contributed by atoms with Crippen molar-refractivity contribution in [2.45, 2.75) is 6.54 Å². The Labute approximate surface area is 138 Å². The highest BCUT2D eigenvalue weighted by Gasteiger charge is 2.11. The highest BCUT2D eigenvalue weighted by Crippen LogP contribution is 2.34. The highest BCUT2D eigenvalue weighted by atomic mass is 127. The Bertz CT molecular complexity index is 616. The van der Waals surface area contributed by atoms with Crippen LogP contribution in [0.1, 0.15) is 5.56 Å². The second-order valence-corrected chi connectivity index (χ2v) is 5.63. The van der Waals surface area contributed by atoms with Gasteiger partial charge in [-0.2, -0.15) is 0 Å². The average molecular weight is 399 g/mol. The van der Waals surface area contributed by atoms with Crippen LogP contribution in [0.2, 0.25) is 0 Å². The Balaban J connectivity index is 2.22. The monoisotopic (exact) mass is 399 g/mol. The van der Waals surface area contributed by atoms with Gasteiger partial charge in [0.2, 0.25) is 0 Å². The number of benzene rings is 2. The smallest absolute Gasteiger partial charge is 0.164 e. The normalized spacial score (nSPS) is 10.1. The maximum Gasteiger partial charge on any atom is 0.164 e. The molecule has 0 saturated carbocycles. The molecule has 0 amide bonds. The molecule has 0 spiro atoms. The fraction of sp³-hybridized carbons (Fsp3) is 0.250. The molecule has 5 heteroatoms. The molecule has 0 saturated heterocycles. The van der Waals surface area contributed by atoms with E-state index in [0.717, 1.165) is 17.0 Å². The van der Waals surface area contributed by atoms with E-state index in [1.165, 1.54) is 3.57 Å². The lowest BCUT2D eigenvalue weighted by Gasteiger charge is -2.15. The Hall–Kier alpha value is -1.63. The van der Waals surface area contributed by atoms with Crippen molar-refractivity contribution in [1.29, 1.82) is 0 Å². The Morgan fingerprint density at radius 3 is 2.19 bits per heavy atom. The van der Waals surface area contributed by atoms with E-state index >= 15 is 0 Å². The van der Waals surface area contributed by atoms with Gasteiger partial charge in [0.15, 0.2) is 11.5 Å². The van der Waals surface area contributed by atoms with E-state index < -0.39 is 0 Å². The molecule has 2 aromatic carbocycles. The van der Waals surface area contributed by atoms with Crippen LogP contribution in [0.4, 0.5) is 5.69 Å². The summed E-state index contributed by atoms with van der Waals surface area (Å²) in [6.07, 6.45) is 0. The lowest BCUT2D eigenvalue weighted by molar-refractivity contribution is 0.347. The molecular weight excluding hydrogens is 381 g/mol. The summed E-state index contributed by atoms with van der Waals surface area (Å²) in [6.45, 7) is 0.642. The van der Waals surface area contributed by atoms with Crippen LogP contribution in [0, 0.1) is 3.57 Å². The van der Waals surface area contributed by atoms with Gasteiger partial charge in [-0.05, 0) is 46.9 Å². The first-order valence-electron chi connectivity index (χ1n) is 6.46. The van der Waals surface area contributed by atoms with Crippen molar-refractivity contribution >= 4 is 28.3 Å². The molecular formula is C16H18INO3. The van der Waals surface area contributed by atoms with Gasteiger partial charge in [-0.1, -0.05) is 6.07 Å². The molecule has 0 bridgehead atoms. The minimum Gasteiger partial charge on any atom is -0.496 e.